The second-order valence-corrected chi connectivity index (χ2v) is 25.1. The topological polar surface area (TPSA) is 539 Å². The normalized spacial score (nSPS) is 36.2. The third-order valence-electron chi connectivity index (χ3n) is 17.3. The second kappa shape index (κ2) is 40.2. The minimum Gasteiger partial charge on any atom is -0.494 e. The van der Waals surface area contributed by atoms with Gasteiger partial charge < -0.3 is 155 Å². The minimum absolute atomic E-state index is 0.0475. The molecule has 0 radical (unpaired) electrons. The number of hydrogen-bond acceptors (Lipinski definition) is 31. The van der Waals surface area contributed by atoms with Crippen molar-refractivity contribution in [2.75, 3.05) is 46.2 Å². The molecule has 5 heterocycles. The molecule has 15 unspecified atom stereocenters. The molecule has 5 fully saturated rings. The zero-order valence-corrected chi connectivity index (χ0v) is 56.3. The van der Waals surface area contributed by atoms with Crippen molar-refractivity contribution in [1.82, 2.24) is 26.6 Å². The number of aliphatic hydroxyl groups is 14. The average molecular weight is 1430 g/mol. The number of nitrogens with one attached hydrogen (secondary N) is 5. The first kappa shape index (κ1) is 83.1. The van der Waals surface area contributed by atoms with Crippen LogP contribution >= 0.6 is 0 Å². The Morgan fingerprint density at radius 2 is 1.03 bits per heavy atom. The molecule has 6 rings (SSSR count). The smallest absolute Gasteiger partial charge is 0.251 e. The molecule has 5 aliphatic heterocycles. The zero-order valence-electron chi connectivity index (χ0n) is 56.3. The lowest BCUT2D eigenvalue weighted by Gasteiger charge is -2.51. The Bertz CT molecular complexity index is 2680. The molecule has 0 saturated carbocycles. The van der Waals surface area contributed by atoms with Gasteiger partial charge in [0.1, 0.15) is 134 Å². The fraction of sp³-hybridized carbons (Fsp3) is 0.794. The van der Waals surface area contributed by atoms with E-state index in [0.29, 0.717) is 18.8 Å². The maximum Gasteiger partial charge on any atom is 0.251 e. The first-order valence-electron chi connectivity index (χ1n) is 33.2. The van der Waals surface area contributed by atoms with Gasteiger partial charge in [-0.1, -0.05) is 44.4 Å². The van der Waals surface area contributed by atoms with Crippen molar-refractivity contribution in [3.8, 4) is 5.75 Å². The van der Waals surface area contributed by atoms with Gasteiger partial charge in [0.25, 0.3) is 5.91 Å². The van der Waals surface area contributed by atoms with Gasteiger partial charge in [-0.3, -0.25) is 24.0 Å². The number of carbonyl (C=O) groups excluding carboxylic acids is 5. The molecule has 5 saturated heterocycles. The molecule has 36 nitrogen and oxygen atoms in total. The minimum atomic E-state index is -2.06. The van der Waals surface area contributed by atoms with Crippen molar-refractivity contribution < 1.29 is 152 Å². The number of benzene rings is 1. The van der Waals surface area contributed by atoms with Crippen LogP contribution in [0.15, 0.2) is 36.4 Å². The Balaban J connectivity index is 1.19. The van der Waals surface area contributed by atoms with Crippen LogP contribution in [0.1, 0.15) is 104 Å². The predicted molar refractivity (Wildman–Crippen MR) is 335 cm³/mol. The van der Waals surface area contributed by atoms with E-state index >= 15 is 0 Å². The van der Waals surface area contributed by atoms with Gasteiger partial charge in [-0.05, 0) is 57.7 Å². The number of allylic oxidation sites excluding steroid dienone is 2. The molecular weight excluding hydrogens is 1320 g/mol. The lowest BCUT2D eigenvalue weighted by molar-refractivity contribution is -0.364. The van der Waals surface area contributed by atoms with Crippen molar-refractivity contribution >= 4 is 29.5 Å². The van der Waals surface area contributed by atoms with Gasteiger partial charge in [0.15, 0.2) is 37.7 Å². The first-order chi connectivity index (χ1) is 47.1. The van der Waals surface area contributed by atoms with Crippen molar-refractivity contribution in [1.29, 1.82) is 0 Å². The summed E-state index contributed by atoms with van der Waals surface area (Å²) in [7, 11) is 0. The van der Waals surface area contributed by atoms with E-state index in [0.717, 1.165) is 53.4 Å². The predicted octanol–water partition coefficient (Wildman–Crippen LogP) is -6.74. The van der Waals surface area contributed by atoms with Crippen LogP contribution < -0.4 is 31.3 Å². The number of aliphatic hydroxyl groups excluding tert-OH is 14. The number of unbranched alkanes of at least 4 members (excludes halogenated alkanes) is 5. The van der Waals surface area contributed by atoms with Crippen LogP contribution in [0.5, 0.6) is 5.75 Å². The molecule has 0 aliphatic carbocycles. The van der Waals surface area contributed by atoms with E-state index in [2.05, 4.69) is 45.7 Å². The molecule has 1 aromatic rings. The summed E-state index contributed by atoms with van der Waals surface area (Å²) in [6, 6.07) is -2.21. The molecular formula is C63H103N5O31. The van der Waals surface area contributed by atoms with E-state index in [4.69, 9.17) is 56.8 Å². The number of carbonyl (C=O) groups is 5. The van der Waals surface area contributed by atoms with Crippen LogP contribution in [0.4, 0.5) is 0 Å². The Kier molecular flexibility index (Phi) is 33.8. The molecule has 0 bridgehead atoms. The van der Waals surface area contributed by atoms with Gasteiger partial charge in [-0.15, -0.1) is 0 Å². The Hall–Kier alpha value is -4.89. The summed E-state index contributed by atoms with van der Waals surface area (Å²) in [5, 5.41) is 167. The molecule has 0 aromatic heterocycles. The van der Waals surface area contributed by atoms with Crippen LogP contribution in [-0.4, -0.2) is 325 Å². The van der Waals surface area contributed by atoms with Gasteiger partial charge in [0, 0.05) is 33.3 Å². The average Bonchev–Trinajstić information content (AvgIpc) is 0.771. The van der Waals surface area contributed by atoms with Crippen LogP contribution in [0.3, 0.4) is 0 Å². The van der Waals surface area contributed by atoms with Gasteiger partial charge >= 0.3 is 0 Å². The molecule has 0 spiro atoms. The highest BCUT2D eigenvalue weighted by atomic mass is 16.8. The standard InChI is InChI=1S/C63H103N5O31/c1-8-9-10-11-12-13-14-15-16-20-88-35-19-17-18-34(21-35)57(86)68-42-48(80)47(79)37(23-70)93-60(42)97-55-39(25-72)95-62(44(50(55)82)66-32(6)76)99-56-40(26-73)96-61(45(51(56)83)67-33(7)77)98-54-38(24-71)94-59(43(49(54)81)65-31(5)75)90-28(2)41(92-58(87)36(22-69)64-30(4)74)27-89-63-53(85)52(84)46(78)29(3)91-63/h13-14,17-19,21,28-29,36-56,58-63,69-73,78-85,87H,8-12,15-16,20,22-27H2,1-7H3,(H,64,74)(H,65,75)(H,66,76)(H,67,77)(H,68,86)/b14-13-/t28?,29?,36-,37?,38-,39-,40?,41?,42-,43?,44?,45-,46?,47+,48?,49?,50?,51+,52-,53+,54+,55+,56?,58?,59?,60?,61-,62-,63+/m0/s1. The van der Waals surface area contributed by atoms with E-state index < -0.39 is 247 Å². The molecule has 5 aliphatic rings. The Labute approximate surface area is 572 Å². The second-order valence-electron chi connectivity index (χ2n) is 25.1. The number of rotatable bonds is 36. The van der Waals surface area contributed by atoms with E-state index in [9.17, 15) is 95.5 Å². The monoisotopic (exact) mass is 1430 g/mol. The molecule has 29 atom stereocenters. The third kappa shape index (κ3) is 22.8. The van der Waals surface area contributed by atoms with Gasteiger partial charge in [0.2, 0.25) is 23.6 Å². The van der Waals surface area contributed by atoms with Crippen molar-refractivity contribution in [3.63, 3.8) is 0 Å². The van der Waals surface area contributed by atoms with Crippen LogP contribution in [-0.2, 0) is 71.3 Å². The SMILES string of the molecule is CCCCCC/C=C\CCCOc1cccc(C(=O)N[C@@H]2C(O[C@H]3C(O)C(NC(C)=O)[C@H](OC4C(CO)O[C@@H](O[C@H]5C(O)C(NC(C)=O)C(OC(C)C(CO[C@@H]6OC(C)C(O)[C@H](O)[C@H]6O)OC(O)[C@H](CO)NC(C)=O)O[C@H]5CO)[C@@H](NC(C)=O)[C@H]4O)O[C@H]3CO)OC(CO)[C@@H](O)C2O)c1. The summed E-state index contributed by atoms with van der Waals surface area (Å²) >= 11 is 0. The van der Waals surface area contributed by atoms with Crippen LogP contribution in [0.2, 0.25) is 0 Å². The number of ether oxygens (including phenoxy) is 12. The molecule has 36 heteroatoms. The summed E-state index contributed by atoms with van der Waals surface area (Å²) in [6.07, 6.45) is -30.7. The number of hydrogen-bond donors (Lipinski definition) is 19. The molecule has 5 amide bonds. The summed E-state index contributed by atoms with van der Waals surface area (Å²) in [5.74, 6) is -3.59. The molecule has 1 aromatic carbocycles. The summed E-state index contributed by atoms with van der Waals surface area (Å²) in [4.78, 5) is 64.6. The Morgan fingerprint density at radius 3 is 1.52 bits per heavy atom. The van der Waals surface area contributed by atoms with Crippen molar-refractivity contribution in [2.45, 2.75) is 271 Å². The van der Waals surface area contributed by atoms with Gasteiger partial charge in [-0.2, -0.15) is 0 Å². The van der Waals surface area contributed by atoms with Gasteiger partial charge in [-0.25, -0.2) is 0 Å². The molecule has 566 valence electrons. The lowest BCUT2D eigenvalue weighted by Crippen LogP contribution is -2.72. The Morgan fingerprint density at radius 1 is 0.545 bits per heavy atom. The van der Waals surface area contributed by atoms with E-state index in [1.807, 2.05) is 0 Å². The third-order valence-corrected chi connectivity index (χ3v) is 17.3. The quantitative estimate of drug-likeness (QED) is 0.0169. The highest BCUT2D eigenvalue weighted by Crippen LogP contribution is 2.36. The summed E-state index contributed by atoms with van der Waals surface area (Å²) in [6.45, 7) is 3.96. The summed E-state index contributed by atoms with van der Waals surface area (Å²) in [5.41, 5.74) is 0.0475. The molecule has 19 N–H and O–H groups in total. The highest BCUT2D eigenvalue weighted by molar-refractivity contribution is 5.94. The first-order valence-corrected chi connectivity index (χ1v) is 33.2. The van der Waals surface area contributed by atoms with Crippen LogP contribution in [0.25, 0.3) is 0 Å². The van der Waals surface area contributed by atoms with E-state index in [1.165, 1.54) is 38.8 Å². The van der Waals surface area contributed by atoms with Crippen molar-refractivity contribution in [2.24, 2.45) is 0 Å². The maximum absolute atomic E-state index is 13.9. The zero-order chi connectivity index (χ0) is 72.9. The molecule has 99 heavy (non-hydrogen) atoms. The maximum atomic E-state index is 13.9. The number of amides is 5. The fourth-order valence-electron chi connectivity index (χ4n) is 12.0. The van der Waals surface area contributed by atoms with Crippen molar-refractivity contribution in [3.05, 3.63) is 42.0 Å². The fourth-order valence-corrected chi connectivity index (χ4v) is 12.0. The highest BCUT2D eigenvalue weighted by Gasteiger charge is 2.57. The van der Waals surface area contributed by atoms with Gasteiger partial charge in [0.05, 0.1) is 58.5 Å². The van der Waals surface area contributed by atoms with E-state index in [1.54, 1.807) is 12.1 Å². The summed E-state index contributed by atoms with van der Waals surface area (Å²) < 4.78 is 72.1. The lowest BCUT2D eigenvalue weighted by atomic mass is 9.93. The van der Waals surface area contributed by atoms with E-state index in [-0.39, 0.29) is 5.56 Å². The van der Waals surface area contributed by atoms with Crippen LogP contribution in [0, 0.1) is 0 Å². The largest absolute Gasteiger partial charge is 0.494 e.